The Balaban J connectivity index is 2.08. The highest BCUT2D eigenvalue weighted by molar-refractivity contribution is 5.57. The Morgan fingerprint density at radius 2 is 1.33 bits per heavy atom. The highest BCUT2D eigenvalue weighted by atomic mass is 19.2. The van der Waals surface area contributed by atoms with Gasteiger partial charge in [0.2, 0.25) is 5.82 Å². The third-order valence-corrected chi connectivity index (χ3v) is 3.23. The average Bonchev–Trinajstić information content (AvgIpc) is 3.14. The Kier molecular flexibility index (Phi) is 3.26. The number of rotatable bonds is 2. The SMILES string of the molecule is Fc1c(F)c(F)c(-c2nc(N3CCCC3)no2)c(F)c1F. The van der Waals surface area contributed by atoms with Gasteiger partial charge in [0, 0.05) is 13.1 Å². The summed E-state index contributed by atoms with van der Waals surface area (Å²) in [6.07, 6.45) is 1.79. The average molecular weight is 305 g/mol. The van der Waals surface area contributed by atoms with Crippen molar-refractivity contribution in [2.24, 2.45) is 0 Å². The second-order valence-corrected chi connectivity index (χ2v) is 4.54. The van der Waals surface area contributed by atoms with Gasteiger partial charge in [-0.05, 0) is 18.0 Å². The highest BCUT2D eigenvalue weighted by Crippen LogP contribution is 2.31. The van der Waals surface area contributed by atoms with E-state index in [-0.39, 0.29) is 5.95 Å². The van der Waals surface area contributed by atoms with Crippen LogP contribution in [0.3, 0.4) is 0 Å². The van der Waals surface area contributed by atoms with Crippen molar-refractivity contribution in [2.75, 3.05) is 18.0 Å². The lowest BCUT2D eigenvalue weighted by Crippen LogP contribution is -2.18. The first-order valence-electron chi connectivity index (χ1n) is 6.11. The zero-order chi connectivity index (χ0) is 15.1. The largest absolute Gasteiger partial charge is 0.338 e. The second-order valence-electron chi connectivity index (χ2n) is 4.54. The van der Waals surface area contributed by atoms with E-state index in [1.807, 2.05) is 0 Å². The molecular weight excluding hydrogens is 297 g/mol. The quantitative estimate of drug-likeness (QED) is 0.486. The zero-order valence-corrected chi connectivity index (χ0v) is 10.5. The van der Waals surface area contributed by atoms with E-state index in [4.69, 9.17) is 0 Å². The van der Waals surface area contributed by atoms with Gasteiger partial charge in [-0.1, -0.05) is 0 Å². The molecule has 0 saturated carbocycles. The molecule has 0 spiro atoms. The molecule has 4 nitrogen and oxygen atoms in total. The summed E-state index contributed by atoms with van der Waals surface area (Å²) in [6.45, 7) is 1.27. The van der Waals surface area contributed by atoms with E-state index < -0.39 is 40.5 Å². The molecule has 0 unspecified atom stereocenters. The molecule has 2 heterocycles. The molecule has 0 N–H and O–H groups in total. The van der Waals surface area contributed by atoms with Crippen LogP contribution in [0.5, 0.6) is 0 Å². The van der Waals surface area contributed by atoms with Gasteiger partial charge < -0.3 is 9.42 Å². The third-order valence-electron chi connectivity index (χ3n) is 3.23. The van der Waals surface area contributed by atoms with Crippen molar-refractivity contribution in [2.45, 2.75) is 12.8 Å². The molecule has 1 fully saturated rings. The molecule has 0 amide bonds. The Labute approximate surface area is 115 Å². The van der Waals surface area contributed by atoms with E-state index in [0.717, 1.165) is 12.8 Å². The van der Waals surface area contributed by atoms with E-state index >= 15 is 0 Å². The minimum absolute atomic E-state index is 0.0615. The molecule has 21 heavy (non-hydrogen) atoms. The van der Waals surface area contributed by atoms with Crippen molar-refractivity contribution in [3.8, 4) is 11.5 Å². The number of halogens is 5. The van der Waals surface area contributed by atoms with Crippen molar-refractivity contribution in [3.05, 3.63) is 29.1 Å². The summed E-state index contributed by atoms with van der Waals surface area (Å²) in [5.41, 5.74) is -1.22. The normalized spacial score (nSPS) is 15.0. The van der Waals surface area contributed by atoms with E-state index in [1.165, 1.54) is 0 Å². The standard InChI is InChI=1S/C12H8F5N3O/c13-6-5(7(14)9(16)10(17)8(6)15)11-18-12(19-21-11)20-3-1-2-4-20/h1-4H2. The first kappa shape index (κ1) is 13.8. The smallest absolute Gasteiger partial charge is 0.266 e. The summed E-state index contributed by atoms with van der Waals surface area (Å²) in [6, 6.07) is 0. The van der Waals surface area contributed by atoms with Gasteiger partial charge in [-0.2, -0.15) is 4.98 Å². The Morgan fingerprint density at radius 3 is 1.90 bits per heavy atom. The first-order valence-corrected chi connectivity index (χ1v) is 6.11. The molecule has 1 aromatic heterocycles. The maximum absolute atomic E-state index is 13.6. The van der Waals surface area contributed by atoms with Crippen molar-refractivity contribution < 1.29 is 26.5 Å². The van der Waals surface area contributed by atoms with Crippen molar-refractivity contribution in [3.63, 3.8) is 0 Å². The summed E-state index contributed by atoms with van der Waals surface area (Å²) < 4.78 is 71.1. The molecule has 1 aromatic carbocycles. The van der Waals surface area contributed by atoms with Crippen LogP contribution in [0.25, 0.3) is 11.5 Å². The van der Waals surface area contributed by atoms with Gasteiger partial charge >= 0.3 is 0 Å². The maximum atomic E-state index is 13.6. The fraction of sp³-hybridized carbons (Fsp3) is 0.333. The molecular formula is C12H8F5N3O. The number of hydrogen-bond acceptors (Lipinski definition) is 4. The lowest BCUT2D eigenvalue weighted by molar-refractivity contribution is 0.372. The number of hydrogen-bond donors (Lipinski definition) is 0. The fourth-order valence-corrected chi connectivity index (χ4v) is 2.16. The van der Waals surface area contributed by atoms with Gasteiger partial charge in [-0.3, -0.25) is 0 Å². The number of benzene rings is 1. The topological polar surface area (TPSA) is 42.2 Å². The van der Waals surface area contributed by atoms with Gasteiger partial charge in [-0.15, -0.1) is 0 Å². The number of anilines is 1. The van der Waals surface area contributed by atoms with E-state index in [9.17, 15) is 22.0 Å². The van der Waals surface area contributed by atoms with Crippen LogP contribution in [0.1, 0.15) is 12.8 Å². The van der Waals surface area contributed by atoms with Crippen LogP contribution >= 0.6 is 0 Å². The minimum atomic E-state index is -2.23. The molecule has 1 aliphatic heterocycles. The summed E-state index contributed by atoms with van der Waals surface area (Å²) in [5, 5.41) is 3.51. The Bertz CT molecular complexity index is 667. The predicted octanol–water partition coefficient (Wildman–Crippen LogP) is 3.03. The molecule has 0 atom stereocenters. The summed E-state index contributed by atoms with van der Waals surface area (Å²) in [5.74, 6) is -11.0. The monoisotopic (exact) mass is 305 g/mol. The molecule has 3 rings (SSSR count). The van der Waals surface area contributed by atoms with Crippen molar-refractivity contribution in [1.82, 2.24) is 10.1 Å². The summed E-state index contributed by atoms with van der Waals surface area (Å²) in [4.78, 5) is 5.40. The molecule has 1 aliphatic rings. The predicted molar refractivity (Wildman–Crippen MR) is 61.0 cm³/mol. The maximum Gasteiger partial charge on any atom is 0.266 e. The number of aromatic nitrogens is 2. The van der Waals surface area contributed by atoms with E-state index in [2.05, 4.69) is 14.7 Å². The Morgan fingerprint density at radius 1 is 0.810 bits per heavy atom. The van der Waals surface area contributed by atoms with Gasteiger partial charge in [-0.25, -0.2) is 22.0 Å². The fourth-order valence-electron chi connectivity index (χ4n) is 2.16. The molecule has 112 valence electrons. The van der Waals surface area contributed by atoms with Crippen LogP contribution < -0.4 is 4.90 Å². The highest BCUT2D eigenvalue weighted by Gasteiger charge is 2.30. The molecule has 1 saturated heterocycles. The van der Waals surface area contributed by atoms with Crippen LogP contribution in [0.15, 0.2) is 4.52 Å². The zero-order valence-electron chi connectivity index (χ0n) is 10.5. The van der Waals surface area contributed by atoms with Gasteiger partial charge in [0.15, 0.2) is 23.3 Å². The van der Waals surface area contributed by atoms with Gasteiger partial charge in [0.25, 0.3) is 11.8 Å². The first-order chi connectivity index (χ1) is 10.0. The van der Waals surface area contributed by atoms with Gasteiger partial charge in [0.1, 0.15) is 5.56 Å². The molecule has 9 heteroatoms. The van der Waals surface area contributed by atoms with Crippen molar-refractivity contribution in [1.29, 1.82) is 0 Å². The number of nitrogens with zero attached hydrogens (tertiary/aromatic N) is 3. The summed E-state index contributed by atoms with van der Waals surface area (Å²) >= 11 is 0. The third kappa shape index (κ3) is 2.12. The van der Waals surface area contributed by atoms with Crippen LogP contribution in [0.2, 0.25) is 0 Å². The van der Waals surface area contributed by atoms with E-state index in [0.29, 0.717) is 13.1 Å². The molecule has 0 radical (unpaired) electrons. The minimum Gasteiger partial charge on any atom is -0.338 e. The van der Waals surface area contributed by atoms with Crippen LogP contribution in [0, 0.1) is 29.1 Å². The van der Waals surface area contributed by atoms with Crippen molar-refractivity contribution >= 4 is 5.95 Å². The molecule has 0 bridgehead atoms. The van der Waals surface area contributed by atoms with Gasteiger partial charge in [0.05, 0.1) is 0 Å². The Hall–Kier alpha value is -2.19. The van der Waals surface area contributed by atoms with Crippen LogP contribution in [0.4, 0.5) is 27.9 Å². The lowest BCUT2D eigenvalue weighted by atomic mass is 10.1. The lowest BCUT2D eigenvalue weighted by Gasteiger charge is -2.09. The van der Waals surface area contributed by atoms with Crippen LogP contribution in [-0.4, -0.2) is 23.2 Å². The molecule has 2 aromatic rings. The van der Waals surface area contributed by atoms with E-state index in [1.54, 1.807) is 4.90 Å². The molecule has 0 aliphatic carbocycles. The second kappa shape index (κ2) is 4.97. The summed E-state index contributed by atoms with van der Waals surface area (Å²) in [7, 11) is 0. The van der Waals surface area contributed by atoms with Crippen LogP contribution in [-0.2, 0) is 0 Å².